The van der Waals surface area contributed by atoms with Crippen molar-refractivity contribution in [1.29, 1.82) is 5.26 Å². The number of benzene rings is 1. The predicted molar refractivity (Wildman–Crippen MR) is 101 cm³/mol. The van der Waals surface area contributed by atoms with Gasteiger partial charge < -0.3 is 14.7 Å². The first kappa shape index (κ1) is 19.2. The van der Waals surface area contributed by atoms with E-state index in [-0.39, 0.29) is 5.91 Å². The average Bonchev–Trinajstić information content (AvgIpc) is 2.64. The SMILES string of the molecule is CN1CCC(N(C)CCN(C)C(=O)/C=C/c2cccc(C#N)c2)CC1. The Morgan fingerprint density at radius 3 is 2.72 bits per heavy atom. The average molecular weight is 340 g/mol. The third-order valence-corrected chi connectivity index (χ3v) is 4.91. The van der Waals surface area contributed by atoms with E-state index in [1.165, 1.54) is 12.8 Å². The van der Waals surface area contributed by atoms with Gasteiger partial charge in [-0.15, -0.1) is 0 Å². The summed E-state index contributed by atoms with van der Waals surface area (Å²) < 4.78 is 0. The molecule has 1 aliphatic rings. The van der Waals surface area contributed by atoms with Gasteiger partial charge >= 0.3 is 0 Å². The van der Waals surface area contributed by atoms with Crippen LogP contribution in [0.5, 0.6) is 0 Å². The van der Waals surface area contributed by atoms with E-state index in [0.29, 0.717) is 18.2 Å². The Labute approximate surface area is 151 Å². The molecule has 0 bridgehead atoms. The number of hydrogen-bond donors (Lipinski definition) is 0. The molecule has 0 radical (unpaired) electrons. The number of likely N-dealkylation sites (tertiary alicyclic amines) is 1. The van der Waals surface area contributed by atoms with Crippen LogP contribution in [0.25, 0.3) is 6.08 Å². The summed E-state index contributed by atoms with van der Waals surface area (Å²) in [6.45, 7) is 3.89. The van der Waals surface area contributed by atoms with Gasteiger partial charge in [-0.3, -0.25) is 4.79 Å². The van der Waals surface area contributed by atoms with E-state index in [0.717, 1.165) is 25.2 Å². The first-order valence-electron chi connectivity index (χ1n) is 8.81. The molecule has 1 aromatic rings. The fourth-order valence-corrected chi connectivity index (χ4v) is 3.04. The third-order valence-electron chi connectivity index (χ3n) is 4.91. The summed E-state index contributed by atoms with van der Waals surface area (Å²) >= 11 is 0. The van der Waals surface area contributed by atoms with Crippen LogP contribution >= 0.6 is 0 Å². The fraction of sp³-hybridized carbons (Fsp3) is 0.500. The topological polar surface area (TPSA) is 50.6 Å². The Bertz CT molecular complexity index is 641. The number of carbonyl (C=O) groups excluding carboxylic acids is 1. The number of amides is 1. The molecule has 0 aromatic heterocycles. The summed E-state index contributed by atoms with van der Waals surface area (Å²) in [5.41, 5.74) is 1.46. The highest BCUT2D eigenvalue weighted by atomic mass is 16.2. The van der Waals surface area contributed by atoms with Crippen molar-refractivity contribution >= 4 is 12.0 Å². The lowest BCUT2D eigenvalue weighted by atomic mass is 10.0. The minimum Gasteiger partial charge on any atom is -0.341 e. The molecule has 5 nitrogen and oxygen atoms in total. The molecule has 0 unspecified atom stereocenters. The molecule has 0 N–H and O–H groups in total. The van der Waals surface area contributed by atoms with Crippen molar-refractivity contribution in [2.75, 3.05) is 47.3 Å². The molecular weight excluding hydrogens is 312 g/mol. The van der Waals surface area contributed by atoms with Crippen molar-refractivity contribution < 1.29 is 4.79 Å². The van der Waals surface area contributed by atoms with Gasteiger partial charge in [-0.05, 0) is 63.8 Å². The number of nitrogens with zero attached hydrogens (tertiary/aromatic N) is 4. The van der Waals surface area contributed by atoms with Crippen LogP contribution in [0.15, 0.2) is 30.3 Å². The molecular formula is C20H28N4O. The van der Waals surface area contributed by atoms with Gasteiger partial charge in [0.15, 0.2) is 0 Å². The molecule has 0 spiro atoms. The van der Waals surface area contributed by atoms with Gasteiger partial charge in [0.05, 0.1) is 11.6 Å². The van der Waals surface area contributed by atoms with E-state index in [2.05, 4.69) is 30.0 Å². The molecule has 1 amide bonds. The summed E-state index contributed by atoms with van der Waals surface area (Å²) in [5, 5.41) is 8.92. The highest BCUT2D eigenvalue weighted by molar-refractivity contribution is 5.91. The maximum Gasteiger partial charge on any atom is 0.246 e. The van der Waals surface area contributed by atoms with Gasteiger partial charge in [-0.2, -0.15) is 5.26 Å². The van der Waals surface area contributed by atoms with Gasteiger partial charge in [0.2, 0.25) is 5.91 Å². The first-order chi connectivity index (χ1) is 12.0. The van der Waals surface area contributed by atoms with Crippen molar-refractivity contribution in [3.05, 3.63) is 41.5 Å². The van der Waals surface area contributed by atoms with Crippen molar-refractivity contribution in [2.24, 2.45) is 0 Å². The second kappa shape index (κ2) is 9.36. The maximum atomic E-state index is 12.3. The van der Waals surface area contributed by atoms with Crippen molar-refractivity contribution in [3.8, 4) is 6.07 Å². The van der Waals surface area contributed by atoms with Gasteiger partial charge in [-0.1, -0.05) is 12.1 Å². The minimum absolute atomic E-state index is 0.0147. The molecule has 1 aliphatic heterocycles. The van der Waals surface area contributed by atoms with Crippen LogP contribution in [0.1, 0.15) is 24.0 Å². The smallest absolute Gasteiger partial charge is 0.246 e. The van der Waals surface area contributed by atoms with Crippen molar-refractivity contribution in [1.82, 2.24) is 14.7 Å². The second-order valence-electron chi connectivity index (χ2n) is 6.85. The number of hydrogen-bond acceptors (Lipinski definition) is 4. The van der Waals surface area contributed by atoms with Gasteiger partial charge in [-0.25, -0.2) is 0 Å². The monoisotopic (exact) mass is 340 g/mol. The van der Waals surface area contributed by atoms with E-state index in [1.807, 2.05) is 19.2 Å². The van der Waals surface area contributed by atoms with Crippen LogP contribution in [0.2, 0.25) is 0 Å². The van der Waals surface area contributed by atoms with E-state index in [1.54, 1.807) is 29.2 Å². The standard InChI is InChI=1S/C20H28N4O/c1-22-11-9-19(10-12-22)23(2)13-14-24(3)20(25)8-7-17-5-4-6-18(15-17)16-21/h4-8,15,19H,9-14H2,1-3H3/b8-7+. The molecule has 5 heteroatoms. The number of piperidine rings is 1. The Morgan fingerprint density at radius 1 is 1.32 bits per heavy atom. The highest BCUT2D eigenvalue weighted by Gasteiger charge is 2.20. The zero-order chi connectivity index (χ0) is 18.2. The van der Waals surface area contributed by atoms with Crippen LogP contribution in [0, 0.1) is 11.3 Å². The second-order valence-corrected chi connectivity index (χ2v) is 6.85. The van der Waals surface area contributed by atoms with Gasteiger partial charge in [0.25, 0.3) is 0 Å². The highest BCUT2D eigenvalue weighted by Crippen LogP contribution is 2.13. The van der Waals surface area contributed by atoms with Crippen LogP contribution in [-0.4, -0.2) is 74.0 Å². The third kappa shape index (κ3) is 6.00. The van der Waals surface area contributed by atoms with Crippen molar-refractivity contribution in [2.45, 2.75) is 18.9 Å². The van der Waals surface area contributed by atoms with E-state index >= 15 is 0 Å². The molecule has 0 saturated carbocycles. The fourth-order valence-electron chi connectivity index (χ4n) is 3.04. The number of likely N-dealkylation sites (N-methyl/N-ethyl adjacent to an activating group) is 2. The molecule has 1 aromatic carbocycles. The zero-order valence-corrected chi connectivity index (χ0v) is 15.5. The minimum atomic E-state index is -0.0147. The number of rotatable bonds is 6. The number of nitriles is 1. The lowest BCUT2D eigenvalue weighted by Gasteiger charge is -2.35. The van der Waals surface area contributed by atoms with Crippen LogP contribution in [0.3, 0.4) is 0 Å². The Balaban J connectivity index is 1.79. The zero-order valence-electron chi connectivity index (χ0n) is 15.5. The largest absolute Gasteiger partial charge is 0.341 e. The molecule has 1 heterocycles. The van der Waals surface area contributed by atoms with Crippen LogP contribution < -0.4 is 0 Å². The van der Waals surface area contributed by atoms with Gasteiger partial charge in [0.1, 0.15) is 0 Å². The predicted octanol–water partition coefficient (Wildman–Crippen LogP) is 2.06. The van der Waals surface area contributed by atoms with Crippen LogP contribution in [-0.2, 0) is 4.79 Å². The molecule has 2 rings (SSSR count). The van der Waals surface area contributed by atoms with E-state index in [9.17, 15) is 4.79 Å². The lowest BCUT2D eigenvalue weighted by molar-refractivity contribution is -0.124. The van der Waals surface area contributed by atoms with Crippen LogP contribution in [0.4, 0.5) is 0 Å². The quantitative estimate of drug-likeness (QED) is 0.744. The summed E-state index contributed by atoms with van der Waals surface area (Å²) in [7, 11) is 6.15. The Morgan fingerprint density at radius 2 is 2.04 bits per heavy atom. The summed E-state index contributed by atoms with van der Waals surface area (Å²) in [4.78, 5) is 18.7. The molecule has 25 heavy (non-hydrogen) atoms. The van der Waals surface area contributed by atoms with E-state index < -0.39 is 0 Å². The molecule has 0 aliphatic carbocycles. The molecule has 1 saturated heterocycles. The summed E-state index contributed by atoms with van der Waals surface area (Å²) in [6.07, 6.45) is 5.73. The number of carbonyl (C=O) groups is 1. The Hall–Kier alpha value is -2.16. The molecule has 0 atom stereocenters. The lowest BCUT2D eigenvalue weighted by Crippen LogP contribution is -2.44. The van der Waals surface area contributed by atoms with Crippen molar-refractivity contribution in [3.63, 3.8) is 0 Å². The molecule has 134 valence electrons. The first-order valence-corrected chi connectivity index (χ1v) is 8.81. The Kier molecular flexibility index (Phi) is 7.17. The summed E-state index contributed by atoms with van der Waals surface area (Å²) in [5.74, 6) is -0.0147. The summed E-state index contributed by atoms with van der Waals surface area (Å²) in [6, 6.07) is 9.96. The van der Waals surface area contributed by atoms with E-state index in [4.69, 9.17) is 5.26 Å². The normalized spacial score (nSPS) is 16.3. The maximum absolute atomic E-state index is 12.3. The molecule has 1 fully saturated rings. The van der Waals surface area contributed by atoms with Gasteiger partial charge in [0, 0.05) is 32.3 Å².